The molecular weight excluding hydrogens is 296 g/mol. The van der Waals surface area contributed by atoms with Crippen molar-refractivity contribution in [2.24, 2.45) is 0 Å². The first-order valence-corrected chi connectivity index (χ1v) is 6.68. The summed E-state index contributed by atoms with van der Waals surface area (Å²) in [5.74, 6) is 0.572. The van der Waals surface area contributed by atoms with E-state index in [2.05, 4.69) is 40.4 Å². The Labute approximate surface area is 116 Å². The Bertz CT molecular complexity index is 408. The van der Waals surface area contributed by atoms with Crippen molar-refractivity contribution in [1.82, 2.24) is 10.6 Å². The largest absolute Gasteiger partial charge is 0.482 e. The van der Waals surface area contributed by atoms with Gasteiger partial charge in [0.05, 0.1) is 4.47 Å². The minimum Gasteiger partial charge on any atom is -0.482 e. The van der Waals surface area contributed by atoms with Gasteiger partial charge in [-0.15, -0.1) is 0 Å². The van der Waals surface area contributed by atoms with Gasteiger partial charge in [-0.1, -0.05) is 26.0 Å². The fourth-order valence-corrected chi connectivity index (χ4v) is 1.90. The number of carbonyl (C=O) groups excluding carboxylic acids is 1. The van der Waals surface area contributed by atoms with Gasteiger partial charge in [0.1, 0.15) is 5.75 Å². The fourth-order valence-electron chi connectivity index (χ4n) is 1.38. The van der Waals surface area contributed by atoms with E-state index in [0.29, 0.717) is 18.3 Å². The monoisotopic (exact) mass is 314 g/mol. The molecule has 0 atom stereocenters. The molecule has 2 N–H and O–H groups in total. The number of amides is 1. The van der Waals surface area contributed by atoms with Crippen LogP contribution >= 0.6 is 15.9 Å². The molecule has 0 saturated carbocycles. The first-order chi connectivity index (χ1) is 8.54. The highest BCUT2D eigenvalue weighted by molar-refractivity contribution is 9.10. The minimum atomic E-state index is -0.145. The maximum absolute atomic E-state index is 11.2. The van der Waals surface area contributed by atoms with Crippen LogP contribution in [0, 0.1) is 0 Å². The van der Waals surface area contributed by atoms with Gasteiger partial charge in [-0.25, -0.2) is 0 Å². The second kappa shape index (κ2) is 7.38. The Morgan fingerprint density at radius 3 is 2.78 bits per heavy atom. The second-order valence-corrected chi connectivity index (χ2v) is 5.08. The Balaban J connectivity index is 2.76. The predicted molar refractivity (Wildman–Crippen MR) is 75.7 cm³/mol. The van der Waals surface area contributed by atoms with E-state index in [1.54, 1.807) is 7.05 Å². The van der Waals surface area contributed by atoms with Crippen LogP contribution in [0.25, 0.3) is 0 Å². The van der Waals surface area contributed by atoms with E-state index in [1.807, 2.05) is 18.2 Å². The molecule has 0 saturated heterocycles. The van der Waals surface area contributed by atoms with Gasteiger partial charge < -0.3 is 15.4 Å². The fraction of sp³-hybridized carbons (Fsp3) is 0.462. The van der Waals surface area contributed by atoms with Crippen molar-refractivity contribution < 1.29 is 9.53 Å². The summed E-state index contributed by atoms with van der Waals surface area (Å²) in [5, 5.41) is 5.86. The number of carbonyl (C=O) groups is 1. The third-order valence-electron chi connectivity index (χ3n) is 2.38. The topological polar surface area (TPSA) is 50.4 Å². The third kappa shape index (κ3) is 4.66. The first-order valence-electron chi connectivity index (χ1n) is 5.88. The lowest BCUT2D eigenvalue weighted by Gasteiger charge is -2.14. The van der Waals surface area contributed by atoms with Crippen molar-refractivity contribution in [1.29, 1.82) is 0 Å². The predicted octanol–water partition coefficient (Wildman–Crippen LogP) is 2.07. The summed E-state index contributed by atoms with van der Waals surface area (Å²) in [5.41, 5.74) is 1.03. The minimum absolute atomic E-state index is 0.0216. The quantitative estimate of drug-likeness (QED) is 0.845. The average molecular weight is 315 g/mol. The Hall–Kier alpha value is -1.07. The van der Waals surface area contributed by atoms with Crippen molar-refractivity contribution in [2.45, 2.75) is 26.4 Å². The van der Waals surface area contributed by atoms with E-state index >= 15 is 0 Å². The molecule has 5 heteroatoms. The molecule has 4 nitrogen and oxygen atoms in total. The summed E-state index contributed by atoms with van der Waals surface area (Å²) in [7, 11) is 1.59. The van der Waals surface area contributed by atoms with Gasteiger partial charge in [-0.2, -0.15) is 0 Å². The van der Waals surface area contributed by atoms with Crippen LogP contribution in [0.4, 0.5) is 0 Å². The van der Waals surface area contributed by atoms with Gasteiger partial charge in [0.25, 0.3) is 5.91 Å². The van der Waals surface area contributed by atoms with E-state index in [-0.39, 0.29) is 12.5 Å². The molecule has 1 rings (SSSR count). The van der Waals surface area contributed by atoms with Gasteiger partial charge in [0.2, 0.25) is 0 Å². The second-order valence-electron chi connectivity index (χ2n) is 4.23. The molecule has 1 aromatic carbocycles. The van der Waals surface area contributed by atoms with Crippen LogP contribution in [0.5, 0.6) is 5.75 Å². The summed E-state index contributed by atoms with van der Waals surface area (Å²) in [4.78, 5) is 11.2. The zero-order valence-electron chi connectivity index (χ0n) is 10.9. The van der Waals surface area contributed by atoms with Crippen LogP contribution in [0.3, 0.4) is 0 Å². The van der Waals surface area contributed by atoms with E-state index in [9.17, 15) is 4.79 Å². The number of para-hydroxylation sites is 1. The molecule has 0 fully saturated rings. The van der Waals surface area contributed by atoms with Crippen LogP contribution in [-0.2, 0) is 11.3 Å². The molecule has 0 spiro atoms. The van der Waals surface area contributed by atoms with Crippen molar-refractivity contribution >= 4 is 21.8 Å². The molecule has 0 aromatic heterocycles. The maximum Gasteiger partial charge on any atom is 0.257 e. The van der Waals surface area contributed by atoms with Gasteiger partial charge in [-0.05, 0) is 22.0 Å². The van der Waals surface area contributed by atoms with Crippen LogP contribution in [0.15, 0.2) is 22.7 Å². The lowest BCUT2D eigenvalue weighted by molar-refractivity contribution is -0.122. The van der Waals surface area contributed by atoms with Gasteiger partial charge >= 0.3 is 0 Å². The average Bonchev–Trinajstić information content (AvgIpc) is 2.34. The molecule has 100 valence electrons. The lowest BCUT2D eigenvalue weighted by atomic mass is 10.2. The Kier molecular flexibility index (Phi) is 6.15. The maximum atomic E-state index is 11.2. The summed E-state index contributed by atoms with van der Waals surface area (Å²) in [6.07, 6.45) is 0. The first kappa shape index (κ1) is 15.0. The van der Waals surface area contributed by atoms with Crippen LogP contribution in [-0.4, -0.2) is 25.6 Å². The Morgan fingerprint density at radius 1 is 1.44 bits per heavy atom. The lowest BCUT2D eigenvalue weighted by Crippen LogP contribution is -2.26. The summed E-state index contributed by atoms with van der Waals surface area (Å²) in [6, 6.07) is 6.24. The molecule has 0 aliphatic heterocycles. The van der Waals surface area contributed by atoms with Gasteiger partial charge in [0.15, 0.2) is 6.61 Å². The van der Waals surface area contributed by atoms with E-state index in [0.717, 1.165) is 10.0 Å². The van der Waals surface area contributed by atoms with Gasteiger partial charge in [0, 0.05) is 25.2 Å². The summed E-state index contributed by atoms with van der Waals surface area (Å²) in [6.45, 7) is 4.90. The molecule has 18 heavy (non-hydrogen) atoms. The highest BCUT2D eigenvalue weighted by Gasteiger charge is 2.10. The van der Waals surface area contributed by atoms with Gasteiger partial charge in [-0.3, -0.25) is 4.79 Å². The summed E-state index contributed by atoms with van der Waals surface area (Å²) >= 11 is 3.44. The summed E-state index contributed by atoms with van der Waals surface area (Å²) < 4.78 is 6.41. The molecule has 0 aliphatic carbocycles. The van der Waals surface area contributed by atoms with Crippen LogP contribution in [0.2, 0.25) is 0 Å². The molecular formula is C13H19BrN2O2. The van der Waals surface area contributed by atoms with Crippen LogP contribution < -0.4 is 15.4 Å². The molecule has 0 aliphatic rings. The van der Waals surface area contributed by atoms with Crippen LogP contribution in [0.1, 0.15) is 19.4 Å². The molecule has 0 radical (unpaired) electrons. The van der Waals surface area contributed by atoms with E-state index < -0.39 is 0 Å². The smallest absolute Gasteiger partial charge is 0.257 e. The normalized spacial score (nSPS) is 10.5. The Morgan fingerprint density at radius 2 is 2.17 bits per heavy atom. The number of ether oxygens (including phenoxy) is 1. The number of hydrogen-bond donors (Lipinski definition) is 2. The number of rotatable bonds is 6. The zero-order valence-corrected chi connectivity index (χ0v) is 12.5. The van der Waals surface area contributed by atoms with E-state index in [1.165, 1.54) is 0 Å². The number of nitrogens with one attached hydrogen (secondary N) is 2. The standard InChI is InChI=1S/C13H19BrN2O2/c1-9(2)16-7-10-5-4-6-11(14)13(10)18-8-12(17)15-3/h4-6,9,16H,7-8H2,1-3H3,(H,15,17). The number of halogens is 1. The molecule has 0 unspecified atom stereocenters. The highest BCUT2D eigenvalue weighted by atomic mass is 79.9. The number of likely N-dealkylation sites (N-methyl/N-ethyl adjacent to an activating group) is 1. The van der Waals surface area contributed by atoms with Crippen molar-refractivity contribution in [3.63, 3.8) is 0 Å². The van der Waals surface area contributed by atoms with Crippen molar-refractivity contribution in [3.05, 3.63) is 28.2 Å². The number of hydrogen-bond acceptors (Lipinski definition) is 3. The third-order valence-corrected chi connectivity index (χ3v) is 3.00. The molecule has 1 aromatic rings. The zero-order chi connectivity index (χ0) is 13.5. The molecule has 0 heterocycles. The molecule has 1 amide bonds. The van der Waals surface area contributed by atoms with Crippen molar-refractivity contribution in [2.75, 3.05) is 13.7 Å². The number of benzene rings is 1. The highest BCUT2D eigenvalue weighted by Crippen LogP contribution is 2.29. The SMILES string of the molecule is CNC(=O)COc1c(Br)cccc1CNC(C)C. The van der Waals surface area contributed by atoms with E-state index in [4.69, 9.17) is 4.74 Å². The molecule has 0 bridgehead atoms. The van der Waals surface area contributed by atoms with Crippen molar-refractivity contribution in [3.8, 4) is 5.75 Å².